The third-order valence-corrected chi connectivity index (χ3v) is 5.88. The Morgan fingerprint density at radius 2 is 1.96 bits per heavy atom. The smallest absolute Gasteiger partial charge is 0.123 e. The maximum Gasteiger partial charge on any atom is 0.123 e. The van der Waals surface area contributed by atoms with Gasteiger partial charge >= 0.3 is 0 Å². The molecule has 2 aromatic carbocycles. The third-order valence-electron chi connectivity index (χ3n) is 5.88. The topological polar surface area (TPSA) is 15.7 Å². The number of fused-ring (bicyclic) bond motifs is 3. The zero-order chi connectivity index (χ0) is 18.1. The molecule has 2 aliphatic heterocycles. The highest BCUT2D eigenvalue weighted by molar-refractivity contribution is 5.66. The Kier molecular flexibility index (Phi) is 4.86. The van der Waals surface area contributed by atoms with Gasteiger partial charge in [-0.1, -0.05) is 18.2 Å². The molecule has 138 valence electrons. The lowest BCUT2D eigenvalue weighted by Crippen LogP contribution is -2.45. The van der Waals surface area contributed by atoms with Gasteiger partial charge in [-0.3, -0.25) is 0 Å². The van der Waals surface area contributed by atoms with E-state index in [1.54, 1.807) is 12.1 Å². The number of hydrogen-bond donors (Lipinski definition) is 0. The second-order valence-corrected chi connectivity index (χ2v) is 7.54. The summed E-state index contributed by atoms with van der Waals surface area (Å²) in [6.45, 7) is 6.22. The van der Waals surface area contributed by atoms with E-state index in [1.165, 1.54) is 35.4 Å². The number of likely N-dealkylation sites (N-methyl/N-ethyl adjacent to an activating group) is 1. The molecule has 4 rings (SSSR count). The Morgan fingerprint density at radius 3 is 2.77 bits per heavy atom. The number of hydrogen-bond acceptors (Lipinski definition) is 3. The van der Waals surface area contributed by atoms with Crippen molar-refractivity contribution in [3.8, 4) is 5.75 Å². The summed E-state index contributed by atoms with van der Waals surface area (Å²) in [6, 6.07) is 13.6. The molecular formula is C22H27FN2O. The summed E-state index contributed by atoms with van der Waals surface area (Å²) in [7, 11) is 2.25. The number of rotatable bonds is 5. The van der Waals surface area contributed by atoms with Crippen molar-refractivity contribution in [3.05, 3.63) is 59.4 Å². The maximum absolute atomic E-state index is 12.9. The summed E-state index contributed by atoms with van der Waals surface area (Å²) >= 11 is 0. The number of nitrogens with zero attached hydrogens (tertiary/aromatic N) is 2. The molecular weight excluding hydrogens is 327 g/mol. The van der Waals surface area contributed by atoms with Gasteiger partial charge < -0.3 is 14.5 Å². The number of likely N-dealkylation sites (tertiary alicyclic amines) is 1. The van der Waals surface area contributed by atoms with Crippen LogP contribution < -0.4 is 9.64 Å². The van der Waals surface area contributed by atoms with E-state index in [1.807, 2.05) is 0 Å². The molecule has 0 aliphatic carbocycles. The van der Waals surface area contributed by atoms with Crippen LogP contribution in [0.1, 0.15) is 29.9 Å². The van der Waals surface area contributed by atoms with Crippen LogP contribution >= 0.6 is 0 Å². The van der Waals surface area contributed by atoms with E-state index in [9.17, 15) is 4.39 Å². The van der Waals surface area contributed by atoms with Crippen LogP contribution in [0.2, 0.25) is 0 Å². The first-order valence-electron chi connectivity index (χ1n) is 9.56. The Labute approximate surface area is 155 Å². The van der Waals surface area contributed by atoms with E-state index in [2.05, 4.69) is 42.0 Å². The SMILES string of the molecule is Cc1cccc2c1N(C)C1CCN(CCCOc3ccc(F)cc3)CC21. The van der Waals surface area contributed by atoms with Crippen molar-refractivity contribution in [2.45, 2.75) is 31.7 Å². The van der Waals surface area contributed by atoms with Crippen LogP contribution in [0.5, 0.6) is 5.75 Å². The number of halogens is 1. The van der Waals surface area contributed by atoms with E-state index in [0.29, 0.717) is 18.6 Å². The summed E-state index contributed by atoms with van der Waals surface area (Å²) < 4.78 is 18.6. The summed E-state index contributed by atoms with van der Waals surface area (Å²) in [4.78, 5) is 5.07. The van der Waals surface area contributed by atoms with Crippen LogP contribution in [0, 0.1) is 12.7 Å². The first-order chi connectivity index (χ1) is 12.6. The standard InChI is InChI=1S/C22H27FN2O/c1-16-5-3-6-19-20-15-25(13-11-21(20)24(2)22(16)19)12-4-14-26-18-9-7-17(23)8-10-18/h3,5-10,20-21H,4,11-15H2,1-2H3. The van der Waals surface area contributed by atoms with Crippen LogP contribution in [0.4, 0.5) is 10.1 Å². The van der Waals surface area contributed by atoms with Gasteiger partial charge in [-0.25, -0.2) is 4.39 Å². The van der Waals surface area contributed by atoms with E-state index in [-0.39, 0.29) is 5.82 Å². The van der Waals surface area contributed by atoms with Gasteiger partial charge in [-0.05, 0) is 55.2 Å². The molecule has 2 unspecified atom stereocenters. The summed E-state index contributed by atoms with van der Waals surface area (Å²) in [6.07, 6.45) is 2.21. The summed E-state index contributed by atoms with van der Waals surface area (Å²) in [5, 5.41) is 0. The summed E-state index contributed by atoms with van der Waals surface area (Å²) in [5.41, 5.74) is 4.35. The minimum atomic E-state index is -0.225. The van der Waals surface area contributed by atoms with Crippen LogP contribution in [-0.4, -0.2) is 44.2 Å². The largest absolute Gasteiger partial charge is 0.494 e. The zero-order valence-corrected chi connectivity index (χ0v) is 15.6. The molecule has 2 atom stereocenters. The minimum absolute atomic E-state index is 0.225. The van der Waals surface area contributed by atoms with Gasteiger partial charge in [0.25, 0.3) is 0 Å². The molecule has 2 aliphatic rings. The molecule has 2 heterocycles. The van der Waals surface area contributed by atoms with Gasteiger partial charge in [0.15, 0.2) is 0 Å². The van der Waals surface area contributed by atoms with Crippen molar-refractivity contribution >= 4 is 5.69 Å². The molecule has 0 amide bonds. The third kappa shape index (κ3) is 3.30. The van der Waals surface area contributed by atoms with Gasteiger partial charge in [0, 0.05) is 44.3 Å². The van der Waals surface area contributed by atoms with Crippen molar-refractivity contribution in [1.29, 1.82) is 0 Å². The van der Waals surface area contributed by atoms with Gasteiger partial charge in [0.05, 0.1) is 6.61 Å². The predicted molar refractivity (Wildman–Crippen MR) is 104 cm³/mol. The van der Waals surface area contributed by atoms with Crippen molar-refractivity contribution in [1.82, 2.24) is 4.90 Å². The Bertz CT molecular complexity index is 761. The monoisotopic (exact) mass is 354 g/mol. The van der Waals surface area contributed by atoms with Crippen molar-refractivity contribution in [2.24, 2.45) is 0 Å². The number of ether oxygens (including phenoxy) is 1. The molecule has 0 N–H and O–H groups in total. The minimum Gasteiger partial charge on any atom is -0.494 e. The molecule has 26 heavy (non-hydrogen) atoms. The molecule has 0 radical (unpaired) electrons. The van der Waals surface area contributed by atoms with Crippen molar-refractivity contribution in [3.63, 3.8) is 0 Å². The summed E-state index contributed by atoms with van der Waals surface area (Å²) in [5.74, 6) is 1.13. The molecule has 0 saturated carbocycles. The average molecular weight is 354 g/mol. The number of anilines is 1. The molecule has 0 aromatic heterocycles. The molecule has 0 bridgehead atoms. The highest BCUT2D eigenvalue weighted by Gasteiger charge is 2.40. The molecule has 2 aromatic rings. The van der Waals surface area contributed by atoms with Gasteiger partial charge in [-0.15, -0.1) is 0 Å². The van der Waals surface area contributed by atoms with Crippen LogP contribution in [0.3, 0.4) is 0 Å². The zero-order valence-electron chi connectivity index (χ0n) is 15.6. The first-order valence-corrected chi connectivity index (χ1v) is 9.56. The number of aryl methyl sites for hydroxylation is 1. The van der Waals surface area contributed by atoms with Gasteiger partial charge in [0.1, 0.15) is 11.6 Å². The lowest BCUT2D eigenvalue weighted by atomic mass is 9.88. The molecule has 4 heteroatoms. The van der Waals surface area contributed by atoms with E-state index in [0.717, 1.165) is 31.8 Å². The van der Waals surface area contributed by atoms with Crippen LogP contribution in [0.15, 0.2) is 42.5 Å². The molecule has 3 nitrogen and oxygen atoms in total. The fraction of sp³-hybridized carbons (Fsp3) is 0.455. The molecule has 0 spiro atoms. The van der Waals surface area contributed by atoms with Crippen molar-refractivity contribution < 1.29 is 9.13 Å². The predicted octanol–water partition coefficient (Wildman–Crippen LogP) is 4.21. The molecule has 1 fully saturated rings. The Balaban J connectivity index is 1.31. The van der Waals surface area contributed by atoms with Crippen LogP contribution in [0.25, 0.3) is 0 Å². The van der Waals surface area contributed by atoms with E-state index >= 15 is 0 Å². The van der Waals surface area contributed by atoms with Gasteiger partial charge in [0.2, 0.25) is 0 Å². The van der Waals surface area contributed by atoms with Gasteiger partial charge in [-0.2, -0.15) is 0 Å². The average Bonchev–Trinajstić information content (AvgIpc) is 2.94. The Morgan fingerprint density at radius 1 is 1.15 bits per heavy atom. The van der Waals surface area contributed by atoms with E-state index < -0.39 is 0 Å². The number of para-hydroxylation sites is 1. The normalized spacial score (nSPS) is 22.2. The molecule has 1 saturated heterocycles. The maximum atomic E-state index is 12.9. The fourth-order valence-electron chi connectivity index (χ4n) is 4.62. The number of piperidine rings is 1. The lowest BCUT2D eigenvalue weighted by Gasteiger charge is -2.37. The Hall–Kier alpha value is -2.07. The second-order valence-electron chi connectivity index (χ2n) is 7.54. The highest BCUT2D eigenvalue weighted by Crippen LogP contribution is 2.45. The van der Waals surface area contributed by atoms with Crippen LogP contribution in [-0.2, 0) is 0 Å². The lowest BCUT2D eigenvalue weighted by molar-refractivity contribution is 0.179. The highest BCUT2D eigenvalue weighted by atomic mass is 19.1. The quantitative estimate of drug-likeness (QED) is 0.748. The van der Waals surface area contributed by atoms with E-state index in [4.69, 9.17) is 4.74 Å². The first kappa shape index (κ1) is 17.3. The second kappa shape index (κ2) is 7.28. The van der Waals surface area contributed by atoms with Crippen molar-refractivity contribution in [2.75, 3.05) is 38.2 Å². The fourth-order valence-corrected chi connectivity index (χ4v) is 4.62. The number of benzene rings is 2.